The lowest BCUT2D eigenvalue weighted by molar-refractivity contribution is 0.660. The largest absolute Gasteiger partial charge is 0.355 e. The standard InChI is InChI=1S/C41H31N/c1-41(2)37-14-6-5-12-35(37)40-38(41)15-8-16-39(40)42-33-23-21-28(22-24-33)31-19-18-29-11-7-13-34(36(29)26-31)32-20-17-27-9-3-4-10-30(27)25-32/h3-26,42H,1-2H3. The number of rotatable bonds is 4. The Kier molecular flexibility index (Phi) is 5.55. The zero-order valence-corrected chi connectivity index (χ0v) is 23.9. The van der Waals surface area contributed by atoms with Gasteiger partial charge in [-0.05, 0) is 90.8 Å². The molecule has 8 rings (SSSR count). The molecular weight excluding hydrogens is 506 g/mol. The molecule has 0 amide bonds. The summed E-state index contributed by atoms with van der Waals surface area (Å²) < 4.78 is 0. The summed E-state index contributed by atoms with van der Waals surface area (Å²) in [6.45, 7) is 4.65. The van der Waals surface area contributed by atoms with E-state index in [2.05, 4.69) is 165 Å². The maximum Gasteiger partial charge on any atom is 0.0467 e. The first-order valence-electron chi connectivity index (χ1n) is 14.7. The van der Waals surface area contributed by atoms with Crippen LogP contribution in [0.4, 0.5) is 11.4 Å². The van der Waals surface area contributed by atoms with Crippen molar-refractivity contribution >= 4 is 32.9 Å². The third-order valence-corrected chi connectivity index (χ3v) is 9.05. The topological polar surface area (TPSA) is 12.0 Å². The Balaban J connectivity index is 1.14. The number of hydrogen-bond donors (Lipinski definition) is 1. The second-order valence-corrected chi connectivity index (χ2v) is 11.9. The first kappa shape index (κ1) is 24.6. The molecule has 0 heterocycles. The molecule has 1 aliphatic rings. The fourth-order valence-corrected chi connectivity index (χ4v) is 6.82. The number of fused-ring (bicyclic) bond motifs is 5. The van der Waals surface area contributed by atoms with Crippen LogP contribution in [-0.4, -0.2) is 0 Å². The van der Waals surface area contributed by atoms with Crippen LogP contribution in [0.25, 0.3) is 54.9 Å². The molecule has 0 radical (unpaired) electrons. The molecule has 0 atom stereocenters. The van der Waals surface area contributed by atoms with Gasteiger partial charge in [-0.25, -0.2) is 0 Å². The SMILES string of the molecule is CC1(C)c2ccccc2-c2c(Nc3ccc(-c4ccc5cccc(-c6ccc7ccccc7c6)c5c4)cc3)cccc21. The number of benzene rings is 7. The molecule has 42 heavy (non-hydrogen) atoms. The van der Waals surface area contributed by atoms with Crippen LogP contribution in [0.2, 0.25) is 0 Å². The van der Waals surface area contributed by atoms with E-state index >= 15 is 0 Å². The summed E-state index contributed by atoms with van der Waals surface area (Å²) in [5.41, 5.74) is 12.6. The average Bonchev–Trinajstić information content (AvgIpc) is 3.28. The van der Waals surface area contributed by atoms with Crippen LogP contribution in [-0.2, 0) is 5.41 Å². The van der Waals surface area contributed by atoms with Crippen molar-refractivity contribution in [2.75, 3.05) is 5.32 Å². The van der Waals surface area contributed by atoms with Crippen molar-refractivity contribution in [1.29, 1.82) is 0 Å². The van der Waals surface area contributed by atoms with E-state index in [1.54, 1.807) is 0 Å². The van der Waals surface area contributed by atoms with E-state index in [0.29, 0.717) is 0 Å². The zero-order chi connectivity index (χ0) is 28.3. The summed E-state index contributed by atoms with van der Waals surface area (Å²) in [6.07, 6.45) is 0. The molecule has 0 saturated carbocycles. The molecule has 1 aliphatic carbocycles. The van der Waals surface area contributed by atoms with Crippen molar-refractivity contribution in [3.05, 3.63) is 157 Å². The first-order valence-corrected chi connectivity index (χ1v) is 14.7. The minimum atomic E-state index is -0.00470. The predicted molar refractivity (Wildman–Crippen MR) is 180 cm³/mol. The molecule has 7 aromatic carbocycles. The Morgan fingerprint density at radius 2 is 1.10 bits per heavy atom. The Morgan fingerprint density at radius 3 is 1.98 bits per heavy atom. The zero-order valence-electron chi connectivity index (χ0n) is 23.9. The molecule has 0 aromatic heterocycles. The maximum atomic E-state index is 3.74. The highest BCUT2D eigenvalue weighted by atomic mass is 14.9. The summed E-state index contributed by atoms with van der Waals surface area (Å²) in [5.74, 6) is 0. The van der Waals surface area contributed by atoms with Crippen molar-refractivity contribution in [2.24, 2.45) is 0 Å². The van der Waals surface area contributed by atoms with E-state index in [0.717, 1.165) is 11.4 Å². The molecule has 0 unspecified atom stereocenters. The Labute approximate surface area is 247 Å². The fourth-order valence-electron chi connectivity index (χ4n) is 6.82. The predicted octanol–water partition coefficient (Wildman–Crippen LogP) is 11.4. The molecule has 0 saturated heterocycles. The third kappa shape index (κ3) is 3.93. The fraction of sp³-hybridized carbons (Fsp3) is 0.0732. The van der Waals surface area contributed by atoms with Gasteiger partial charge < -0.3 is 5.32 Å². The van der Waals surface area contributed by atoms with Gasteiger partial charge in [-0.2, -0.15) is 0 Å². The van der Waals surface area contributed by atoms with Crippen LogP contribution < -0.4 is 5.32 Å². The minimum Gasteiger partial charge on any atom is -0.355 e. The summed E-state index contributed by atoms with van der Waals surface area (Å²) in [4.78, 5) is 0. The van der Waals surface area contributed by atoms with E-state index in [1.807, 2.05) is 0 Å². The van der Waals surface area contributed by atoms with Crippen LogP contribution in [0.5, 0.6) is 0 Å². The van der Waals surface area contributed by atoms with Crippen LogP contribution in [0.3, 0.4) is 0 Å². The van der Waals surface area contributed by atoms with Gasteiger partial charge in [0.1, 0.15) is 0 Å². The second-order valence-electron chi connectivity index (χ2n) is 11.9. The highest BCUT2D eigenvalue weighted by molar-refractivity contribution is 6.01. The Bertz CT molecular complexity index is 2130. The van der Waals surface area contributed by atoms with E-state index < -0.39 is 0 Å². The number of nitrogens with one attached hydrogen (secondary N) is 1. The van der Waals surface area contributed by atoms with Gasteiger partial charge in [-0.15, -0.1) is 0 Å². The van der Waals surface area contributed by atoms with Gasteiger partial charge in [-0.1, -0.05) is 129 Å². The summed E-state index contributed by atoms with van der Waals surface area (Å²) in [6, 6.07) is 53.0. The van der Waals surface area contributed by atoms with E-state index in [9.17, 15) is 0 Å². The van der Waals surface area contributed by atoms with Gasteiger partial charge in [0.2, 0.25) is 0 Å². The van der Waals surface area contributed by atoms with Gasteiger partial charge in [0.05, 0.1) is 0 Å². The normalized spacial score (nSPS) is 13.2. The van der Waals surface area contributed by atoms with Gasteiger partial charge in [0.25, 0.3) is 0 Å². The highest BCUT2D eigenvalue weighted by Crippen LogP contribution is 2.51. The molecule has 1 nitrogen and oxygen atoms in total. The van der Waals surface area contributed by atoms with E-state index in [-0.39, 0.29) is 5.41 Å². The minimum absolute atomic E-state index is 0.00470. The molecule has 0 fully saturated rings. The second kappa shape index (κ2) is 9.46. The van der Waals surface area contributed by atoms with Crippen molar-refractivity contribution < 1.29 is 0 Å². The number of anilines is 2. The number of hydrogen-bond acceptors (Lipinski definition) is 1. The molecule has 0 aliphatic heterocycles. The molecule has 1 N–H and O–H groups in total. The monoisotopic (exact) mass is 537 g/mol. The average molecular weight is 538 g/mol. The van der Waals surface area contributed by atoms with Crippen LogP contribution >= 0.6 is 0 Å². The van der Waals surface area contributed by atoms with Gasteiger partial charge in [0.15, 0.2) is 0 Å². The Hall–Kier alpha value is -5.14. The molecule has 0 spiro atoms. The third-order valence-electron chi connectivity index (χ3n) is 9.05. The molecular formula is C41H31N. The summed E-state index contributed by atoms with van der Waals surface area (Å²) >= 11 is 0. The van der Waals surface area contributed by atoms with Crippen molar-refractivity contribution in [3.8, 4) is 33.4 Å². The quantitative estimate of drug-likeness (QED) is 0.235. The molecule has 0 bridgehead atoms. The highest BCUT2D eigenvalue weighted by Gasteiger charge is 2.36. The van der Waals surface area contributed by atoms with Crippen LogP contribution in [0.1, 0.15) is 25.0 Å². The van der Waals surface area contributed by atoms with Crippen molar-refractivity contribution in [3.63, 3.8) is 0 Å². The first-order chi connectivity index (χ1) is 20.6. The lowest BCUT2D eigenvalue weighted by atomic mass is 9.82. The van der Waals surface area contributed by atoms with Crippen LogP contribution in [0.15, 0.2) is 146 Å². The summed E-state index contributed by atoms with van der Waals surface area (Å²) in [7, 11) is 0. The van der Waals surface area contributed by atoms with Gasteiger partial charge in [-0.3, -0.25) is 0 Å². The van der Waals surface area contributed by atoms with E-state index in [4.69, 9.17) is 0 Å². The van der Waals surface area contributed by atoms with Gasteiger partial charge >= 0.3 is 0 Å². The Morgan fingerprint density at radius 1 is 0.452 bits per heavy atom. The van der Waals surface area contributed by atoms with Gasteiger partial charge in [0, 0.05) is 22.4 Å². The molecule has 200 valence electrons. The van der Waals surface area contributed by atoms with E-state index in [1.165, 1.54) is 66.1 Å². The van der Waals surface area contributed by atoms with Crippen molar-refractivity contribution in [1.82, 2.24) is 0 Å². The lowest BCUT2D eigenvalue weighted by Gasteiger charge is -2.21. The maximum absolute atomic E-state index is 3.74. The molecule has 1 heteroatoms. The smallest absolute Gasteiger partial charge is 0.0467 e. The summed E-state index contributed by atoms with van der Waals surface area (Å²) in [5, 5.41) is 8.80. The van der Waals surface area contributed by atoms with Crippen molar-refractivity contribution in [2.45, 2.75) is 19.3 Å². The van der Waals surface area contributed by atoms with Crippen LogP contribution in [0, 0.1) is 0 Å². The lowest BCUT2D eigenvalue weighted by Crippen LogP contribution is -2.14. The molecule has 7 aromatic rings.